The molecule has 1 aliphatic rings. The highest BCUT2D eigenvalue weighted by Gasteiger charge is 2.25. The molecule has 16 heavy (non-hydrogen) atoms. The second-order valence-corrected chi connectivity index (χ2v) is 6.18. The Bertz CT molecular complexity index is 189. The van der Waals surface area contributed by atoms with Gasteiger partial charge in [-0.3, -0.25) is 0 Å². The van der Waals surface area contributed by atoms with Gasteiger partial charge in [0.1, 0.15) is 0 Å². The Hall–Kier alpha value is -0.0800. The molecule has 0 aromatic heterocycles. The summed E-state index contributed by atoms with van der Waals surface area (Å²) >= 11 is 0. The molecule has 1 rings (SSSR count). The minimum atomic E-state index is 0.373. The van der Waals surface area contributed by atoms with Crippen LogP contribution in [0.5, 0.6) is 0 Å². The zero-order chi connectivity index (χ0) is 12.1. The van der Waals surface area contributed by atoms with E-state index in [-0.39, 0.29) is 0 Å². The van der Waals surface area contributed by atoms with Gasteiger partial charge in [0.05, 0.1) is 0 Å². The Balaban J connectivity index is 2.46. The van der Waals surface area contributed by atoms with Crippen molar-refractivity contribution >= 4 is 0 Å². The van der Waals surface area contributed by atoms with Crippen molar-refractivity contribution in [2.45, 2.75) is 65.5 Å². The van der Waals surface area contributed by atoms with Crippen molar-refractivity contribution in [3.63, 3.8) is 0 Å². The summed E-state index contributed by atoms with van der Waals surface area (Å²) in [5, 5.41) is 0. The number of hydrogen-bond acceptors (Lipinski definition) is 2. The van der Waals surface area contributed by atoms with Crippen LogP contribution in [0.2, 0.25) is 0 Å². The van der Waals surface area contributed by atoms with Crippen LogP contribution in [0.25, 0.3) is 0 Å². The fourth-order valence-corrected chi connectivity index (χ4v) is 2.62. The van der Waals surface area contributed by atoms with Gasteiger partial charge in [-0.2, -0.15) is 0 Å². The van der Waals surface area contributed by atoms with Gasteiger partial charge in [-0.1, -0.05) is 34.1 Å². The van der Waals surface area contributed by atoms with Crippen LogP contribution in [0.15, 0.2) is 0 Å². The van der Waals surface area contributed by atoms with Crippen molar-refractivity contribution in [3.05, 3.63) is 0 Å². The third kappa shape index (κ3) is 4.42. The summed E-state index contributed by atoms with van der Waals surface area (Å²) in [5.74, 6) is 1.39. The van der Waals surface area contributed by atoms with Crippen molar-refractivity contribution in [1.29, 1.82) is 0 Å². The van der Waals surface area contributed by atoms with Crippen molar-refractivity contribution < 1.29 is 0 Å². The molecule has 0 amide bonds. The SMILES string of the molecule is CC(C)CN1CCCCC1CC(N)C(C)C. The molecule has 2 N–H and O–H groups in total. The van der Waals surface area contributed by atoms with Crippen LogP contribution in [0.4, 0.5) is 0 Å². The Kier molecular flexibility index (Phi) is 5.77. The van der Waals surface area contributed by atoms with Gasteiger partial charge in [0, 0.05) is 18.6 Å². The summed E-state index contributed by atoms with van der Waals surface area (Å²) in [7, 11) is 0. The third-order valence-corrected chi connectivity index (χ3v) is 3.75. The van der Waals surface area contributed by atoms with Crippen molar-refractivity contribution in [2.75, 3.05) is 13.1 Å². The summed E-state index contributed by atoms with van der Waals surface area (Å²) in [5.41, 5.74) is 6.21. The molecule has 0 aliphatic carbocycles. The lowest BCUT2D eigenvalue weighted by Gasteiger charge is -2.38. The second-order valence-electron chi connectivity index (χ2n) is 6.18. The molecule has 1 saturated heterocycles. The average molecular weight is 226 g/mol. The molecule has 0 saturated carbocycles. The number of hydrogen-bond donors (Lipinski definition) is 1. The molecule has 2 atom stereocenters. The predicted octanol–water partition coefficient (Wildman–Crippen LogP) is 2.87. The summed E-state index contributed by atoms with van der Waals surface area (Å²) in [6.45, 7) is 11.6. The van der Waals surface area contributed by atoms with Gasteiger partial charge in [-0.05, 0) is 37.6 Å². The lowest BCUT2D eigenvalue weighted by atomic mass is 9.91. The predicted molar refractivity (Wildman–Crippen MR) is 71.5 cm³/mol. The quantitative estimate of drug-likeness (QED) is 0.781. The van der Waals surface area contributed by atoms with Crippen molar-refractivity contribution in [3.8, 4) is 0 Å². The van der Waals surface area contributed by atoms with E-state index in [1.165, 1.54) is 38.8 Å². The maximum atomic E-state index is 6.21. The van der Waals surface area contributed by atoms with E-state index in [2.05, 4.69) is 32.6 Å². The van der Waals surface area contributed by atoms with Crippen LogP contribution >= 0.6 is 0 Å². The van der Waals surface area contributed by atoms with Gasteiger partial charge in [0.25, 0.3) is 0 Å². The van der Waals surface area contributed by atoms with Crippen LogP contribution in [0.1, 0.15) is 53.4 Å². The Labute approximate surface area is 102 Å². The zero-order valence-electron chi connectivity index (χ0n) is 11.6. The number of nitrogens with zero attached hydrogens (tertiary/aromatic N) is 1. The van der Waals surface area contributed by atoms with E-state index < -0.39 is 0 Å². The summed E-state index contributed by atoms with van der Waals surface area (Å²) in [6.07, 6.45) is 5.31. The lowest BCUT2D eigenvalue weighted by molar-refractivity contribution is 0.115. The molecule has 2 nitrogen and oxygen atoms in total. The third-order valence-electron chi connectivity index (χ3n) is 3.75. The molecule has 1 fully saturated rings. The van der Waals surface area contributed by atoms with E-state index in [4.69, 9.17) is 5.73 Å². The van der Waals surface area contributed by atoms with E-state index >= 15 is 0 Å². The molecule has 2 unspecified atom stereocenters. The van der Waals surface area contributed by atoms with E-state index in [0.29, 0.717) is 12.0 Å². The molecule has 1 aliphatic heterocycles. The highest BCUT2D eigenvalue weighted by Crippen LogP contribution is 2.23. The molecule has 0 aromatic carbocycles. The van der Waals surface area contributed by atoms with Crippen LogP contribution in [-0.4, -0.2) is 30.1 Å². The van der Waals surface area contributed by atoms with Gasteiger partial charge in [0.2, 0.25) is 0 Å². The van der Waals surface area contributed by atoms with Crippen LogP contribution < -0.4 is 5.73 Å². The fourth-order valence-electron chi connectivity index (χ4n) is 2.62. The highest BCUT2D eigenvalue weighted by molar-refractivity contribution is 4.82. The normalized spacial score (nSPS) is 25.3. The Morgan fingerprint density at radius 3 is 2.44 bits per heavy atom. The maximum absolute atomic E-state index is 6.21. The molecule has 1 heterocycles. The van der Waals surface area contributed by atoms with Crippen molar-refractivity contribution in [2.24, 2.45) is 17.6 Å². The van der Waals surface area contributed by atoms with Crippen LogP contribution in [0, 0.1) is 11.8 Å². The monoisotopic (exact) mass is 226 g/mol. The molecule has 2 heteroatoms. The summed E-state index contributed by atoms with van der Waals surface area (Å²) < 4.78 is 0. The summed E-state index contributed by atoms with van der Waals surface area (Å²) in [6, 6.07) is 1.12. The van der Waals surface area contributed by atoms with Gasteiger partial charge >= 0.3 is 0 Å². The lowest BCUT2D eigenvalue weighted by Crippen LogP contribution is -2.45. The number of piperidine rings is 1. The van der Waals surface area contributed by atoms with Crippen LogP contribution in [-0.2, 0) is 0 Å². The second kappa shape index (κ2) is 6.61. The number of rotatable bonds is 5. The summed E-state index contributed by atoms with van der Waals surface area (Å²) in [4.78, 5) is 2.68. The fraction of sp³-hybridized carbons (Fsp3) is 1.00. The van der Waals surface area contributed by atoms with E-state index in [9.17, 15) is 0 Å². The van der Waals surface area contributed by atoms with Gasteiger partial charge in [-0.15, -0.1) is 0 Å². The standard InChI is InChI=1S/C14H30N2/c1-11(2)10-16-8-6-5-7-13(16)9-14(15)12(3)4/h11-14H,5-10,15H2,1-4H3. The van der Waals surface area contributed by atoms with Gasteiger partial charge in [0.15, 0.2) is 0 Å². The largest absolute Gasteiger partial charge is 0.327 e. The molecule has 0 spiro atoms. The first-order valence-electron chi connectivity index (χ1n) is 7.00. The van der Waals surface area contributed by atoms with Gasteiger partial charge < -0.3 is 10.6 Å². The smallest absolute Gasteiger partial charge is 0.0110 e. The minimum absolute atomic E-state index is 0.373. The molecule has 0 radical (unpaired) electrons. The zero-order valence-corrected chi connectivity index (χ0v) is 11.6. The van der Waals surface area contributed by atoms with E-state index in [0.717, 1.165) is 12.0 Å². The molecular formula is C14H30N2. The molecule has 0 aromatic rings. The molecule has 96 valence electrons. The minimum Gasteiger partial charge on any atom is -0.327 e. The number of likely N-dealkylation sites (tertiary alicyclic amines) is 1. The molecule has 0 bridgehead atoms. The number of nitrogens with two attached hydrogens (primary N) is 1. The van der Waals surface area contributed by atoms with Crippen molar-refractivity contribution in [1.82, 2.24) is 4.90 Å². The first-order valence-corrected chi connectivity index (χ1v) is 7.00. The Morgan fingerprint density at radius 1 is 1.19 bits per heavy atom. The van der Waals surface area contributed by atoms with E-state index in [1.807, 2.05) is 0 Å². The van der Waals surface area contributed by atoms with Crippen LogP contribution in [0.3, 0.4) is 0 Å². The average Bonchev–Trinajstić information content (AvgIpc) is 2.20. The van der Waals surface area contributed by atoms with E-state index in [1.54, 1.807) is 0 Å². The maximum Gasteiger partial charge on any atom is 0.0110 e. The topological polar surface area (TPSA) is 29.3 Å². The highest BCUT2D eigenvalue weighted by atomic mass is 15.2. The Morgan fingerprint density at radius 2 is 1.88 bits per heavy atom. The molecular weight excluding hydrogens is 196 g/mol. The van der Waals surface area contributed by atoms with Gasteiger partial charge in [-0.25, -0.2) is 0 Å². The first-order chi connectivity index (χ1) is 7.50. The first kappa shape index (κ1) is 14.0.